The molecule has 1 amide bonds. The average Bonchev–Trinajstić information content (AvgIpc) is 3.16. The van der Waals surface area contributed by atoms with E-state index in [0.29, 0.717) is 18.9 Å². The van der Waals surface area contributed by atoms with E-state index in [2.05, 4.69) is 30.3 Å². The molecule has 8 nitrogen and oxygen atoms in total. The normalized spacial score (nSPS) is 15.3. The minimum absolute atomic E-state index is 0.00396. The van der Waals surface area contributed by atoms with Crippen molar-refractivity contribution >= 4 is 11.7 Å². The van der Waals surface area contributed by atoms with Crippen LogP contribution < -0.4 is 10.2 Å². The number of carbonyl (C=O) groups excluding carboxylic acids is 1. The molecule has 1 aliphatic heterocycles. The van der Waals surface area contributed by atoms with E-state index in [4.69, 9.17) is 0 Å². The van der Waals surface area contributed by atoms with Crippen LogP contribution in [-0.4, -0.2) is 43.7 Å². The number of anilines is 1. The van der Waals surface area contributed by atoms with Crippen LogP contribution in [0.15, 0.2) is 55.4 Å². The minimum Gasteiger partial charge on any atom is -0.355 e. The van der Waals surface area contributed by atoms with E-state index < -0.39 is 0 Å². The van der Waals surface area contributed by atoms with Crippen molar-refractivity contribution < 1.29 is 4.79 Å². The molecule has 1 aliphatic rings. The van der Waals surface area contributed by atoms with Gasteiger partial charge in [-0.1, -0.05) is 30.3 Å². The van der Waals surface area contributed by atoms with Crippen LogP contribution in [0.25, 0.3) is 5.82 Å². The van der Waals surface area contributed by atoms with Crippen LogP contribution in [0.4, 0.5) is 5.82 Å². The number of hydrogen-bond donors (Lipinski definition) is 1. The zero-order valence-corrected chi connectivity index (χ0v) is 14.4. The molecular weight excluding hydrogens is 330 g/mol. The van der Waals surface area contributed by atoms with Gasteiger partial charge in [-0.2, -0.15) is 5.10 Å². The van der Waals surface area contributed by atoms with Gasteiger partial charge in [0.2, 0.25) is 5.91 Å². The highest BCUT2D eigenvalue weighted by Gasteiger charge is 2.34. The first-order chi connectivity index (χ1) is 12.7. The Morgan fingerprint density at radius 3 is 2.65 bits per heavy atom. The van der Waals surface area contributed by atoms with Crippen molar-refractivity contribution in [1.82, 2.24) is 30.0 Å². The van der Waals surface area contributed by atoms with Crippen molar-refractivity contribution in [3.05, 3.63) is 60.9 Å². The van der Waals surface area contributed by atoms with E-state index in [9.17, 15) is 4.79 Å². The molecule has 26 heavy (non-hydrogen) atoms. The summed E-state index contributed by atoms with van der Waals surface area (Å²) in [6.45, 7) is 3.28. The second kappa shape index (κ2) is 6.91. The largest absolute Gasteiger partial charge is 0.355 e. The second-order valence-corrected chi connectivity index (χ2v) is 6.32. The molecule has 3 aromatic rings. The number of benzene rings is 1. The van der Waals surface area contributed by atoms with Gasteiger partial charge in [-0.3, -0.25) is 4.79 Å². The lowest BCUT2D eigenvalue weighted by Crippen LogP contribution is -2.54. The highest BCUT2D eigenvalue weighted by molar-refractivity contribution is 5.82. The molecule has 3 heterocycles. The monoisotopic (exact) mass is 349 g/mol. The number of hydrogen-bond acceptors (Lipinski definition) is 6. The maximum Gasteiger partial charge on any atom is 0.227 e. The van der Waals surface area contributed by atoms with Gasteiger partial charge >= 0.3 is 0 Å². The Labute approximate surface area is 150 Å². The van der Waals surface area contributed by atoms with Crippen LogP contribution in [-0.2, 0) is 4.79 Å². The Morgan fingerprint density at radius 2 is 1.92 bits per heavy atom. The lowest BCUT2D eigenvalue weighted by atomic mass is 9.98. The van der Waals surface area contributed by atoms with E-state index in [0.717, 1.165) is 11.4 Å². The molecule has 1 N–H and O–H groups in total. The van der Waals surface area contributed by atoms with Crippen molar-refractivity contribution in [2.45, 2.75) is 13.0 Å². The van der Waals surface area contributed by atoms with Gasteiger partial charge in [-0.15, -0.1) is 0 Å². The van der Waals surface area contributed by atoms with Crippen LogP contribution in [0.1, 0.15) is 18.5 Å². The Morgan fingerprint density at radius 1 is 1.15 bits per heavy atom. The van der Waals surface area contributed by atoms with Gasteiger partial charge in [0.25, 0.3) is 0 Å². The first-order valence-corrected chi connectivity index (χ1v) is 8.48. The van der Waals surface area contributed by atoms with E-state index >= 15 is 0 Å². The molecule has 0 bridgehead atoms. The van der Waals surface area contributed by atoms with Crippen molar-refractivity contribution in [3.8, 4) is 5.82 Å². The molecule has 1 saturated heterocycles. The molecule has 4 rings (SSSR count). The third-order valence-electron chi connectivity index (χ3n) is 4.53. The van der Waals surface area contributed by atoms with Gasteiger partial charge in [-0.25, -0.2) is 19.6 Å². The van der Waals surface area contributed by atoms with Crippen LogP contribution in [0.3, 0.4) is 0 Å². The molecular formula is C18H19N7O. The summed E-state index contributed by atoms with van der Waals surface area (Å²) in [7, 11) is 0. The Balaban J connectivity index is 1.35. The van der Waals surface area contributed by atoms with Gasteiger partial charge in [0.05, 0.1) is 12.0 Å². The Kier molecular flexibility index (Phi) is 4.30. The lowest BCUT2D eigenvalue weighted by Gasteiger charge is -2.39. The summed E-state index contributed by atoms with van der Waals surface area (Å²) in [6, 6.07) is 11.8. The fraction of sp³-hybridized carbons (Fsp3) is 0.278. The number of rotatable bonds is 5. The van der Waals surface area contributed by atoms with E-state index in [1.54, 1.807) is 11.0 Å². The molecule has 1 fully saturated rings. The molecule has 1 aromatic carbocycles. The molecule has 0 radical (unpaired) electrons. The Bertz CT molecular complexity index is 876. The first-order valence-electron chi connectivity index (χ1n) is 8.48. The summed E-state index contributed by atoms with van der Waals surface area (Å²) in [5, 5.41) is 7.15. The molecule has 1 atom stereocenters. The van der Waals surface area contributed by atoms with Gasteiger partial charge in [0, 0.05) is 19.2 Å². The molecule has 0 saturated carbocycles. The van der Waals surface area contributed by atoms with E-state index in [1.165, 1.54) is 12.7 Å². The molecule has 132 valence electrons. The quantitative estimate of drug-likeness (QED) is 0.748. The van der Waals surface area contributed by atoms with Gasteiger partial charge < -0.3 is 10.2 Å². The summed E-state index contributed by atoms with van der Waals surface area (Å²) >= 11 is 0. The molecule has 0 spiro atoms. The fourth-order valence-electron chi connectivity index (χ4n) is 2.95. The standard InChI is InChI=1S/C18H19N7O/c1-13(14-5-3-2-4-6-14)23-18(26)15-8-24(9-15)16-7-17(21-11-20-16)25-12-19-10-22-25/h2-7,10-13,15H,8-9H2,1H3,(H,23,26). The summed E-state index contributed by atoms with van der Waals surface area (Å²) in [6.07, 6.45) is 4.54. The van der Waals surface area contributed by atoms with E-state index in [1.807, 2.05) is 43.3 Å². The predicted octanol–water partition coefficient (Wildman–Crippen LogP) is 1.37. The van der Waals surface area contributed by atoms with Crippen molar-refractivity contribution in [1.29, 1.82) is 0 Å². The number of nitrogens with zero attached hydrogens (tertiary/aromatic N) is 6. The smallest absolute Gasteiger partial charge is 0.227 e. The van der Waals surface area contributed by atoms with Crippen molar-refractivity contribution in [2.24, 2.45) is 5.92 Å². The van der Waals surface area contributed by atoms with E-state index in [-0.39, 0.29) is 17.9 Å². The summed E-state index contributed by atoms with van der Waals surface area (Å²) in [5.41, 5.74) is 1.10. The van der Waals surface area contributed by atoms with Crippen LogP contribution in [0.2, 0.25) is 0 Å². The SMILES string of the molecule is CC(NC(=O)C1CN(c2cc(-n3cncn3)ncn2)C1)c1ccccc1. The molecule has 1 unspecified atom stereocenters. The van der Waals surface area contributed by atoms with Crippen LogP contribution >= 0.6 is 0 Å². The van der Waals surface area contributed by atoms with Crippen molar-refractivity contribution in [2.75, 3.05) is 18.0 Å². The van der Waals surface area contributed by atoms with Gasteiger partial charge in [0.15, 0.2) is 5.82 Å². The highest BCUT2D eigenvalue weighted by atomic mass is 16.2. The third-order valence-corrected chi connectivity index (χ3v) is 4.53. The maximum absolute atomic E-state index is 12.4. The van der Waals surface area contributed by atoms with Crippen LogP contribution in [0, 0.1) is 5.92 Å². The molecule has 2 aromatic heterocycles. The molecule has 0 aliphatic carbocycles. The maximum atomic E-state index is 12.4. The second-order valence-electron chi connectivity index (χ2n) is 6.32. The topological polar surface area (TPSA) is 88.8 Å². The number of nitrogens with one attached hydrogen (secondary N) is 1. The van der Waals surface area contributed by atoms with Gasteiger partial charge in [0.1, 0.15) is 24.8 Å². The average molecular weight is 349 g/mol. The lowest BCUT2D eigenvalue weighted by molar-refractivity contribution is -0.126. The number of amides is 1. The predicted molar refractivity (Wildman–Crippen MR) is 95.7 cm³/mol. The van der Waals surface area contributed by atoms with Crippen LogP contribution in [0.5, 0.6) is 0 Å². The summed E-state index contributed by atoms with van der Waals surface area (Å²) in [5.74, 6) is 1.47. The molecule has 8 heteroatoms. The Hall–Kier alpha value is -3.29. The summed E-state index contributed by atoms with van der Waals surface area (Å²) < 4.78 is 1.58. The first kappa shape index (κ1) is 16.2. The number of aromatic nitrogens is 5. The fourth-order valence-corrected chi connectivity index (χ4v) is 2.95. The number of carbonyl (C=O) groups is 1. The zero-order valence-electron chi connectivity index (χ0n) is 14.4. The zero-order chi connectivity index (χ0) is 17.9. The summed E-state index contributed by atoms with van der Waals surface area (Å²) in [4.78, 5) is 26.9. The highest BCUT2D eigenvalue weighted by Crippen LogP contribution is 2.24. The van der Waals surface area contributed by atoms with Gasteiger partial charge in [-0.05, 0) is 12.5 Å². The third kappa shape index (κ3) is 3.26. The minimum atomic E-state index is -0.0362. The van der Waals surface area contributed by atoms with Crippen molar-refractivity contribution in [3.63, 3.8) is 0 Å².